The van der Waals surface area contributed by atoms with Crippen LogP contribution in [-0.2, 0) is 4.79 Å². The Balaban J connectivity index is 2.07. The van der Waals surface area contributed by atoms with Crippen molar-refractivity contribution in [1.82, 2.24) is 25.1 Å². The fourth-order valence-electron chi connectivity index (χ4n) is 1.92. The van der Waals surface area contributed by atoms with Crippen molar-refractivity contribution in [3.05, 3.63) is 36.5 Å². The molecule has 0 bridgehead atoms. The first-order valence-corrected chi connectivity index (χ1v) is 6.82. The van der Waals surface area contributed by atoms with Crippen LogP contribution in [0.3, 0.4) is 0 Å². The second-order valence-corrected chi connectivity index (χ2v) is 5.24. The predicted molar refractivity (Wildman–Crippen MR) is 77.5 cm³/mol. The molecule has 0 aliphatic heterocycles. The summed E-state index contributed by atoms with van der Waals surface area (Å²) in [7, 11) is 0. The average Bonchev–Trinajstić information content (AvgIpc) is 3.00. The number of carbonyl (C=O) groups excluding carboxylic acids is 1. The van der Waals surface area contributed by atoms with E-state index in [1.165, 1.54) is 23.5 Å². The van der Waals surface area contributed by atoms with Gasteiger partial charge in [-0.15, -0.1) is 0 Å². The van der Waals surface area contributed by atoms with Gasteiger partial charge in [0, 0.05) is 6.20 Å². The number of rotatable bonds is 6. The third-order valence-electron chi connectivity index (χ3n) is 2.97. The van der Waals surface area contributed by atoms with Crippen LogP contribution in [0.25, 0.3) is 5.82 Å². The molecule has 2 N–H and O–H groups in total. The molecule has 0 spiro atoms. The Labute approximate surface area is 127 Å². The largest absolute Gasteiger partial charge is 0.480 e. The van der Waals surface area contributed by atoms with E-state index in [4.69, 9.17) is 5.11 Å². The van der Waals surface area contributed by atoms with Crippen LogP contribution in [0.1, 0.15) is 30.6 Å². The maximum Gasteiger partial charge on any atom is 0.326 e. The normalized spacial score (nSPS) is 12.1. The number of hydrogen-bond donors (Lipinski definition) is 2. The summed E-state index contributed by atoms with van der Waals surface area (Å²) in [5, 5.41) is 15.6. The second kappa shape index (κ2) is 6.79. The number of hydrogen-bond acceptors (Lipinski definition) is 5. The number of aliphatic carboxylic acids is 1. The molecule has 2 rings (SSSR count). The SMILES string of the molecule is CC(C)C[C@@H](NC(=O)c1ccc(-n2cncn2)nc1)C(=O)O. The molecule has 1 amide bonds. The van der Waals surface area contributed by atoms with Crippen molar-refractivity contribution in [3.63, 3.8) is 0 Å². The number of carboxylic acids is 1. The first-order valence-electron chi connectivity index (χ1n) is 6.82. The van der Waals surface area contributed by atoms with E-state index in [9.17, 15) is 9.59 Å². The molecule has 116 valence electrons. The molecule has 0 saturated carbocycles. The van der Waals surface area contributed by atoms with Gasteiger partial charge < -0.3 is 10.4 Å². The molecule has 2 heterocycles. The quantitative estimate of drug-likeness (QED) is 0.820. The van der Waals surface area contributed by atoms with Gasteiger partial charge in [-0.3, -0.25) is 4.79 Å². The van der Waals surface area contributed by atoms with Crippen molar-refractivity contribution in [2.75, 3.05) is 0 Å². The minimum atomic E-state index is -1.05. The second-order valence-electron chi connectivity index (χ2n) is 5.24. The van der Waals surface area contributed by atoms with Crippen LogP contribution in [0.15, 0.2) is 31.0 Å². The van der Waals surface area contributed by atoms with Gasteiger partial charge in [-0.2, -0.15) is 5.10 Å². The van der Waals surface area contributed by atoms with Crippen molar-refractivity contribution in [2.45, 2.75) is 26.3 Å². The fourth-order valence-corrected chi connectivity index (χ4v) is 1.92. The van der Waals surface area contributed by atoms with Crippen molar-refractivity contribution in [3.8, 4) is 5.82 Å². The molecular weight excluding hydrogens is 286 g/mol. The van der Waals surface area contributed by atoms with Crippen LogP contribution in [0.5, 0.6) is 0 Å². The molecule has 0 aliphatic rings. The van der Waals surface area contributed by atoms with Crippen LogP contribution in [-0.4, -0.2) is 42.8 Å². The topological polar surface area (TPSA) is 110 Å². The minimum Gasteiger partial charge on any atom is -0.480 e. The molecule has 8 heteroatoms. The molecule has 2 aromatic rings. The van der Waals surface area contributed by atoms with Gasteiger partial charge >= 0.3 is 5.97 Å². The zero-order chi connectivity index (χ0) is 16.1. The summed E-state index contributed by atoms with van der Waals surface area (Å²) in [4.78, 5) is 31.2. The molecule has 8 nitrogen and oxygen atoms in total. The first-order chi connectivity index (χ1) is 10.5. The molecule has 0 saturated heterocycles. The van der Waals surface area contributed by atoms with E-state index < -0.39 is 17.9 Å². The Morgan fingerprint density at radius 1 is 1.36 bits per heavy atom. The molecule has 2 aromatic heterocycles. The van der Waals surface area contributed by atoms with Gasteiger partial charge in [0.2, 0.25) is 0 Å². The summed E-state index contributed by atoms with van der Waals surface area (Å²) in [5.74, 6) is -0.833. The monoisotopic (exact) mass is 303 g/mol. The van der Waals surface area contributed by atoms with E-state index >= 15 is 0 Å². The smallest absolute Gasteiger partial charge is 0.326 e. The van der Waals surface area contributed by atoms with Crippen LogP contribution >= 0.6 is 0 Å². The van der Waals surface area contributed by atoms with Gasteiger partial charge in [-0.05, 0) is 24.5 Å². The predicted octanol–water partition coefficient (Wildman–Crippen LogP) is 0.891. The number of aromatic nitrogens is 4. The Morgan fingerprint density at radius 3 is 2.64 bits per heavy atom. The van der Waals surface area contributed by atoms with Gasteiger partial charge in [-0.25, -0.2) is 19.4 Å². The molecule has 1 atom stereocenters. The lowest BCUT2D eigenvalue weighted by atomic mass is 10.0. The number of amides is 1. The summed E-state index contributed by atoms with van der Waals surface area (Å²) in [6.07, 6.45) is 4.61. The lowest BCUT2D eigenvalue weighted by molar-refractivity contribution is -0.139. The maximum atomic E-state index is 12.1. The third kappa shape index (κ3) is 3.87. The number of carboxylic acid groups (broad SMARTS) is 1. The van der Waals surface area contributed by atoms with E-state index in [1.807, 2.05) is 13.8 Å². The summed E-state index contributed by atoms with van der Waals surface area (Å²) >= 11 is 0. The maximum absolute atomic E-state index is 12.1. The molecule has 22 heavy (non-hydrogen) atoms. The van der Waals surface area contributed by atoms with E-state index in [-0.39, 0.29) is 5.92 Å². The van der Waals surface area contributed by atoms with E-state index in [0.29, 0.717) is 17.8 Å². The Kier molecular flexibility index (Phi) is 4.82. The van der Waals surface area contributed by atoms with E-state index in [2.05, 4.69) is 20.4 Å². The number of carbonyl (C=O) groups is 2. The van der Waals surface area contributed by atoms with Gasteiger partial charge in [0.05, 0.1) is 5.56 Å². The van der Waals surface area contributed by atoms with E-state index in [1.54, 1.807) is 12.1 Å². The number of pyridine rings is 1. The van der Waals surface area contributed by atoms with Crippen LogP contribution in [0.2, 0.25) is 0 Å². The van der Waals surface area contributed by atoms with Crippen LogP contribution in [0, 0.1) is 5.92 Å². The Hall–Kier alpha value is -2.77. The first kappa shape index (κ1) is 15.6. The Morgan fingerprint density at radius 2 is 2.14 bits per heavy atom. The minimum absolute atomic E-state index is 0.161. The Bertz CT molecular complexity index is 637. The highest BCUT2D eigenvalue weighted by Crippen LogP contribution is 2.08. The standard InChI is InChI=1S/C14H17N5O3/c1-9(2)5-11(14(21)22)18-13(20)10-3-4-12(16-6-10)19-8-15-7-17-19/h3-4,6-9,11H,5H2,1-2H3,(H,18,20)(H,21,22)/t11-/m1/s1. The highest BCUT2D eigenvalue weighted by atomic mass is 16.4. The van der Waals surface area contributed by atoms with Crippen LogP contribution < -0.4 is 5.32 Å². The van der Waals surface area contributed by atoms with Gasteiger partial charge in [0.1, 0.15) is 18.7 Å². The highest BCUT2D eigenvalue weighted by molar-refractivity contribution is 5.96. The molecule has 0 fully saturated rings. The third-order valence-corrected chi connectivity index (χ3v) is 2.97. The summed E-state index contributed by atoms with van der Waals surface area (Å²) in [6.45, 7) is 3.80. The van der Waals surface area contributed by atoms with Gasteiger partial charge in [0.15, 0.2) is 5.82 Å². The fraction of sp³-hybridized carbons (Fsp3) is 0.357. The highest BCUT2D eigenvalue weighted by Gasteiger charge is 2.21. The molecule has 0 aromatic carbocycles. The zero-order valence-corrected chi connectivity index (χ0v) is 12.3. The average molecular weight is 303 g/mol. The molecular formula is C14H17N5O3. The van der Waals surface area contributed by atoms with Crippen molar-refractivity contribution < 1.29 is 14.7 Å². The van der Waals surface area contributed by atoms with Crippen LogP contribution in [0.4, 0.5) is 0 Å². The summed E-state index contributed by atoms with van der Waals surface area (Å²) < 4.78 is 1.46. The van der Waals surface area contributed by atoms with Crippen molar-refractivity contribution in [1.29, 1.82) is 0 Å². The van der Waals surface area contributed by atoms with Gasteiger partial charge in [0.25, 0.3) is 5.91 Å². The lowest BCUT2D eigenvalue weighted by Gasteiger charge is -2.16. The number of nitrogens with one attached hydrogen (secondary N) is 1. The van der Waals surface area contributed by atoms with Crippen molar-refractivity contribution in [2.24, 2.45) is 5.92 Å². The van der Waals surface area contributed by atoms with Crippen molar-refractivity contribution >= 4 is 11.9 Å². The van der Waals surface area contributed by atoms with Gasteiger partial charge in [-0.1, -0.05) is 13.8 Å². The molecule has 0 unspecified atom stereocenters. The summed E-state index contributed by atoms with van der Waals surface area (Å²) in [5.41, 5.74) is 0.291. The molecule has 0 aliphatic carbocycles. The molecule has 0 radical (unpaired) electrons. The van der Waals surface area contributed by atoms with E-state index in [0.717, 1.165) is 0 Å². The lowest BCUT2D eigenvalue weighted by Crippen LogP contribution is -2.41. The zero-order valence-electron chi connectivity index (χ0n) is 12.3. The number of nitrogens with zero attached hydrogens (tertiary/aromatic N) is 4. The summed E-state index contributed by atoms with van der Waals surface area (Å²) in [6, 6.07) is 2.26.